The van der Waals surface area contributed by atoms with E-state index < -0.39 is 17.4 Å². The van der Waals surface area contributed by atoms with E-state index in [2.05, 4.69) is 5.32 Å². The summed E-state index contributed by atoms with van der Waals surface area (Å²) in [6.07, 6.45) is 0. The maximum Gasteiger partial charge on any atom is 0.320 e. The molecule has 2 N–H and O–H groups in total. The van der Waals surface area contributed by atoms with Crippen LogP contribution in [0.5, 0.6) is 0 Å². The molecule has 1 atom stereocenters. The standard InChI is InChI=1S/C12H21N3O4/c1-8(9(16)17)7-14(4)11(19)15-6-5-13-10(18)12(15,2)3/h8H,5-7H2,1-4H3,(H,13,18)(H,16,17). The molecule has 1 aliphatic rings. The van der Waals surface area contributed by atoms with E-state index in [4.69, 9.17) is 5.11 Å². The van der Waals surface area contributed by atoms with Crippen LogP contribution in [0, 0.1) is 5.92 Å². The van der Waals surface area contributed by atoms with Gasteiger partial charge in [-0.1, -0.05) is 6.92 Å². The highest BCUT2D eigenvalue weighted by molar-refractivity contribution is 5.91. The molecule has 7 nitrogen and oxygen atoms in total. The summed E-state index contributed by atoms with van der Waals surface area (Å²) >= 11 is 0. The van der Waals surface area contributed by atoms with Crippen molar-refractivity contribution < 1.29 is 19.5 Å². The van der Waals surface area contributed by atoms with E-state index in [0.717, 1.165) is 0 Å². The van der Waals surface area contributed by atoms with Gasteiger partial charge in [0.15, 0.2) is 0 Å². The van der Waals surface area contributed by atoms with Crippen LogP contribution in [-0.2, 0) is 9.59 Å². The van der Waals surface area contributed by atoms with Crippen LogP contribution in [0.25, 0.3) is 0 Å². The van der Waals surface area contributed by atoms with Crippen molar-refractivity contribution in [1.82, 2.24) is 15.1 Å². The number of carboxylic acid groups (broad SMARTS) is 1. The normalized spacial score (nSPS) is 19.6. The minimum Gasteiger partial charge on any atom is -0.481 e. The van der Waals surface area contributed by atoms with Gasteiger partial charge in [0.1, 0.15) is 5.54 Å². The topological polar surface area (TPSA) is 90.0 Å². The van der Waals surface area contributed by atoms with Crippen molar-refractivity contribution in [2.45, 2.75) is 26.3 Å². The maximum atomic E-state index is 12.3. The molecule has 1 aliphatic heterocycles. The molecule has 1 heterocycles. The molecule has 0 spiro atoms. The molecule has 7 heteroatoms. The predicted octanol–water partition coefficient (Wildman–Crippen LogP) is -0.0307. The highest BCUT2D eigenvalue weighted by Crippen LogP contribution is 2.19. The number of carbonyl (C=O) groups is 3. The van der Waals surface area contributed by atoms with Crippen LogP contribution in [-0.4, -0.2) is 65.0 Å². The van der Waals surface area contributed by atoms with Crippen molar-refractivity contribution in [3.8, 4) is 0 Å². The van der Waals surface area contributed by atoms with E-state index in [1.807, 2.05) is 0 Å². The quantitative estimate of drug-likeness (QED) is 0.754. The van der Waals surface area contributed by atoms with Gasteiger partial charge >= 0.3 is 12.0 Å². The summed E-state index contributed by atoms with van der Waals surface area (Å²) in [6.45, 7) is 5.84. The van der Waals surface area contributed by atoms with E-state index in [1.165, 1.54) is 9.80 Å². The first-order valence-corrected chi connectivity index (χ1v) is 6.21. The summed E-state index contributed by atoms with van der Waals surface area (Å²) in [5, 5.41) is 11.6. The van der Waals surface area contributed by atoms with E-state index in [1.54, 1.807) is 27.8 Å². The molecule has 19 heavy (non-hydrogen) atoms. The summed E-state index contributed by atoms with van der Waals surface area (Å²) in [5.41, 5.74) is -0.921. The number of carbonyl (C=O) groups excluding carboxylic acids is 2. The van der Waals surface area contributed by atoms with Gasteiger partial charge in [-0.3, -0.25) is 9.59 Å². The lowest BCUT2D eigenvalue weighted by atomic mass is 9.99. The number of piperazine rings is 1. The maximum absolute atomic E-state index is 12.3. The van der Waals surface area contributed by atoms with Crippen LogP contribution in [0.3, 0.4) is 0 Å². The average Bonchev–Trinajstić information content (AvgIpc) is 2.31. The number of urea groups is 1. The van der Waals surface area contributed by atoms with Gasteiger partial charge in [0.05, 0.1) is 5.92 Å². The van der Waals surface area contributed by atoms with Gasteiger partial charge in [-0.25, -0.2) is 4.79 Å². The zero-order valence-electron chi connectivity index (χ0n) is 11.8. The molecule has 0 bridgehead atoms. The number of rotatable bonds is 3. The Hall–Kier alpha value is -1.79. The van der Waals surface area contributed by atoms with Gasteiger partial charge in [-0.05, 0) is 13.8 Å². The van der Waals surface area contributed by atoms with Crippen molar-refractivity contribution in [3.63, 3.8) is 0 Å². The lowest BCUT2D eigenvalue weighted by Crippen LogP contribution is -2.65. The molecule has 0 aromatic rings. The van der Waals surface area contributed by atoms with Crippen LogP contribution in [0.4, 0.5) is 4.79 Å². The number of hydrogen-bond acceptors (Lipinski definition) is 3. The molecular formula is C12H21N3O4. The molecule has 0 radical (unpaired) electrons. The van der Waals surface area contributed by atoms with Crippen molar-refractivity contribution >= 4 is 17.9 Å². The number of carboxylic acids is 1. The second-order valence-electron chi connectivity index (χ2n) is 5.37. The van der Waals surface area contributed by atoms with Crippen molar-refractivity contribution in [2.75, 3.05) is 26.7 Å². The summed E-state index contributed by atoms with van der Waals surface area (Å²) in [6, 6.07) is -0.326. The Kier molecular flexibility index (Phi) is 4.39. The highest BCUT2D eigenvalue weighted by atomic mass is 16.4. The van der Waals surface area contributed by atoms with Crippen LogP contribution in [0.1, 0.15) is 20.8 Å². The fourth-order valence-electron chi connectivity index (χ4n) is 2.01. The smallest absolute Gasteiger partial charge is 0.320 e. The van der Waals surface area contributed by atoms with Crippen LogP contribution in [0.2, 0.25) is 0 Å². The van der Waals surface area contributed by atoms with Gasteiger partial charge in [0.2, 0.25) is 5.91 Å². The average molecular weight is 271 g/mol. The molecule has 1 saturated heterocycles. The largest absolute Gasteiger partial charge is 0.481 e. The van der Waals surface area contributed by atoms with E-state index in [9.17, 15) is 14.4 Å². The molecule has 108 valence electrons. The Bertz CT molecular complexity index is 394. The van der Waals surface area contributed by atoms with Gasteiger partial charge in [0.25, 0.3) is 0 Å². The van der Waals surface area contributed by atoms with E-state index >= 15 is 0 Å². The SMILES string of the molecule is CC(CN(C)C(=O)N1CCNC(=O)C1(C)C)C(=O)O. The highest BCUT2D eigenvalue weighted by Gasteiger charge is 2.41. The molecule has 1 fully saturated rings. The molecule has 1 unspecified atom stereocenters. The zero-order chi connectivity index (χ0) is 14.8. The van der Waals surface area contributed by atoms with Crippen molar-refractivity contribution in [2.24, 2.45) is 5.92 Å². The number of nitrogens with one attached hydrogen (secondary N) is 1. The van der Waals surface area contributed by atoms with Crippen LogP contribution < -0.4 is 5.32 Å². The fraction of sp³-hybridized carbons (Fsp3) is 0.750. The van der Waals surface area contributed by atoms with Gasteiger partial charge in [0, 0.05) is 26.7 Å². The fourth-order valence-corrected chi connectivity index (χ4v) is 2.01. The second-order valence-corrected chi connectivity index (χ2v) is 5.37. The molecular weight excluding hydrogens is 250 g/mol. The Balaban J connectivity index is 2.76. The van der Waals surface area contributed by atoms with E-state index in [-0.39, 0.29) is 18.5 Å². The minimum absolute atomic E-state index is 0.113. The Labute approximate surface area is 112 Å². The van der Waals surface area contributed by atoms with E-state index in [0.29, 0.717) is 13.1 Å². The minimum atomic E-state index is -0.949. The van der Waals surface area contributed by atoms with Crippen LogP contribution >= 0.6 is 0 Å². The van der Waals surface area contributed by atoms with Gasteiger partial charge in [-0.15, -0.1) is 0 Å². The summed E-state index contributed by atoms with van der Waals surface area (Å²) in [7, 11) is 1.55. The van der Waals surface area contributed by atoms with Crippen LogP contribution in [0.15, 0.2) is 0 Å². The lowest BCUT2D eigenvalue weighted by Gasteiger charge is -2.42. The Morgan fingerprint density at radius 1 is 1.53 bits per heavy atom. The van der Waals surface area contributed by atoms with Gasteiger partial charge in [-0.2, -0.15) is 0 Å². The first-order valence-electron chi connectivity index (χ1n) is 6.21. The first-order chi connectivity index (χ1) is 8.67. The predicted molar refractivity (Wildman–Crippen MR) is 68.6 cm³/mol. The Morgan fingerprint density at radius 2 is 2.11 bits per heavy atom. The number of nitrogens with zero attached hydrogens (tertiary/aromatic N) is 2. The Morgan fingerprint density at radius 3 is 2.63 bits per heavy atom. The van der Waals surface area contributed by atoms with Crippen molar-refractivity contribution in [3.05, 3.63) is 0 Å². The molecule has 1 rings (SSSR count). The number of amides is 3. The second kappa shape index (κ2) is 5.46. The third-order valence-electron chi connectivity index (χ3n) is 3.38. The van der Waals surface area contributed by atoms with Crippen molar-refractivity contribution in [1.29, 1.82) is 0 Å². The third-order valence-corrected chi connectivity index (χ3v) is 3.38. The first kappa shape index (κ1) is 15.3. The van der Waals surface area contributed by atoms with Gasteiger partial charge < -0.3 is 20.2 Å². The molecule has 0 aromatic heterocycles. The lowest BCUT2D eigenvalue weighted by molar-refractivity contribution is -0.141. The monoisotopic (exact) mass is 271 g/mol. The number of aliphatic carboxylic acids is 1. The zero-order valence-corrected chi connectivity index (χ0v) is 11.8. The summed E-state index contributed by atoms with van der Waals surface area (Å²) in [5.74, 6) is -1.79. The summed E-state index contributed by atoms with van der Waals surface area (Å²) < 4.78 is 0. The number of hydrogen-bond donors (Lipinski definition) is 2. The molecule has 0 aromatic carbocycles. The molecule has 0 aliphatic carbocycles. The summed E-state index contributed by atoms with van der Waals surface area (Å²) in [4.78, 5) is 37.7. The molecule has 0 saturated carbocycles. The third kappa shape index (κ3) is 3.15. The molecule has 3 amide bonds.